The molecule has 0 aliphatic rings. The molecule has 0 saturated heterocycles. The van der Waals surface area contributed by atoms with Crippen molar-refractivity contribution in [1.82, 2.24) is 5.32 Å². The Bertz CT molecular complexity index is 494. The zero-order chi connectivity index (χ0) is 15.1. The molecule has 108 valence electrons. The van der Waals surface area contributed by atoms with Crippen LogP contribution in [0.5, 0.6) is 5.75 Å². The molecule has 0 heterocycles. The van der Waals surface area contributed by atoms with E-state index in [1.165, 1.54) is 0 Å². The van der Waals surface area contributed by atoms with Crippen molar-refractivity contribution in [1.29, 1.82) is 5.26 Å². The van der Waals surface area contributed by atoms with Gasteiger partial charge in [-0.1, -0.05) is 26.0 Å². The van der Waals surface area contributed by atoms with Gasteiger partial charge in [0.2, 0.25) is 0 Å². The van der Waals surface area contributed by atoms with E-state index in [0.29, 0.717) is 11.3 Å². The first kappa shape index (κ1) is 16.0. The third-order valence-electron chi connectivity index (χ3n) is 3.01. The Hall–Kier alpha value is -2.06. The van der Waals surface area contributed by atoms with Crippen LogP contribution in [0.2, 0.25) is 0 Å². The average Bonchev–Trinajstić information content (AvgIpc) is 2.44. The average molecular weight is 276 g/mol. The van der Waals surface area contributed by atoms with E-state index >= 15 is 0 Å². The van der Waals surface area contributed by atoms with Crippen LogP contribution in [0.15, 0.2) is 24.3 Å². The molecular weight excluding hydrogens is 256 g/mol. The van der Waals surface area contributed by atoms with E-state index in [-0.39, 0.29) is 24.5 Å². The molecule has 0 saturated carbocycles. The van der Waals surface area contributed by atoms with Crippen molar-refractivity contribution in [3.05, 3.63) is 29.8 Å². The predicted octanol–water partition coefficient (Wildman–Crippen LogP) is 1.46. The lowest BCUT2D eigenvalue weighted by atomic mass is 10.1. The molecule has 0 spiro atoms. The number of carbonyl (C=O) groups excluding carboxylic acids is 1. The minimum Gasteiger partial charge on any atom is -0.480 e. The molecule has 1 rings (SSSR count). The monoisotopic (exact) mass is 276 g/mol. The van der Waals surface area contributed by atoms with Crippen LogP contribution in [0.3, 0.4) is 0 Å². The lowest BCUT2D eigenvalue weighted by Gasteiger charge is -2.22. The van der Waals surface area contributed by atoms with Crippen LogP contribution < -0.4 is 10.1 Å². The molecule has 5 nitrogen and oxygen atoms in total. The third kappa shape index (κ3) is 4.25. The number of aliphatic hydroxyl groups excluding tert-OH is 1. The third-order valence-corrected chi connectivity index (χ3v) is 3.01. The highest BCUT2D eigenvalue weighted by Crippen LogP contribution is 2.18. The summed E-state index contributed by atoms with van der Waals surface area (Å²) in [6.45, 7) is 5.32. The number of ether oxygens (including phenoxy) is 1. The second kappa shape index (κ2) is 7.51. The molecule has 0 fully saturated rings. The van der Waals surface area contributed by atoms with Gasteiger partial charge in [0.25, 0.3) is 5.91 Å². The van der Waals surface area contributed by atoms with Gasteiger partial charge in [-0.3, -0.25) is 4.79 Å². The second-order valence-corrected chi connectivity index (χ2v) is 4.91. The number of nitriles is 1. The zero-order valence-corrected chi connectivity index (χ0v) is 12.0. The first-order valence-electron chi connectivity index (χ1n) is 6.56. The van der Waals surface area contributed by atoms with Gasteiger partial charge in [0.15, 0.2) is 6.10 Å². The summed E-state index contributed by atoms with van der Waals surface area (Å²) in [5.74, 6) is 0.191. The van der Waals surface area contributed by atoms with E-state index < -0.39 is 6.10 Å². The molecule has 2 N–H and O–H groups in total. The van der Waals surface area contributed by atoms with Crippen LogP contribution in [0.1, 0.15) is 26.3 Å². The van der Waals surface area contributed by atoms with E-state index in [1.54, 1.807) is 31.2 Å². The molecule has 0 aliphatic heterocycles. The lowest BCUT2D eigenvalue weighted by molar-refractivity contribution is -0.128. The lowest BCUT2D eigenvalue weighted by Crippen LogP contribution is -2.46. The Morgan fingerprint density at radius 1 is 1.40 bits per heavy atom. The molecule has 0 aliphatic carbocycles. The molecule has 2 atom stereocenters. The van der Waals surface area contributed by atoms with E-state index in [0.717, 1.165) is 0 Å². The fourth-order valence-corrected chi connectivity index (χ4v) is 1.63. The Labute approximate surface area is 119 Å². The highest BCUT2D eigenvalue weighted by molar-refractivity contribution is 5.81. The van der Waals surface area contributed by atoms with Gasteiger partial charge in [0.1, 0.15) is 11.8 Å². The van der Waals surface area contributed by atoms with Gasteiger partial charge >= 0.3 is 0 Å². The molecule has 0 radical (unpaired) electrons. The quantitative estimate of drug-likeness (QED) is 0.824. The van der Waals surface area contributed by atoms with Gasteiger partial charge in [0, 0.05) is 0 Å². The molecule has 5 heteroatoms. The molecule has 0 aromatic heterocycles. The molecule has 1 aromatic carbocycles. The largest absolute Gasteiger partial charge is 0.480 e. The highest BCUT2D eigenvalue weighted by Gasteiger charge is 2.21. The van der Waals surface area contributed by atoms with Crippen molar-refractivity contribution in [2.75, 3.05) is 6.61 Å². The molecule has 0 bridgehead atoms. The zero-order valence-electron chi connectivity index (χ0n) is 12.0. The van der Waals surface area contributed by atoms with Gasteiger partial charge in [-0.15, -0.1) is 0 Å². The summed E-state index contributed by atoms with van der Waals surface area (Å²) in [4.78, 5) is 12.0. The number of nitrogens with zero attached hydrogens (tertiary/aromatic N) is 1. The smallest absolute Gasteiger partial charge is 0.261 e. The summed E-state index contributed by atoms with van der Waals surface area (Å²) in [7, 11) is 0. The van der Waals surface area contributed by atoms with Crippen molar-refractivity contribution < 1.29 is 14.6 Å². The molecule has 1 amide bonds. The number of benzene rings is 1. The molecule has 20 heavy (non-hydrogen) atoms. The van der Waals surface area contributed by atoms with Crippen molar-refractivity contribution >= 4 is 5.91 Å². The second-order valence-electron chi connectivity index (χ2n) is 4.91. The molecular formula is C15H20N2O3. The van der Waals surface area contributed by atoms with Crippen molar-refractivity contribution in [2.45, 2.75) is 32.9 Å². The fourth-order valence-electron chi connectivity index (χ4n) is 1.63. The van der Waals surface area contributed by atoms with Gasteiger partial charge in [-0.05, 0) is 25.0 Å². The van der Waals surface area contributed by atoms with Crippen molar-refractivity contribution in [3.8, 4) is 11.8 Å². The minimum atomic E-state index is -0.739. The van der Waals surface area contributed by atoms with E-state index in [4.69, 9.17) is 10.00 Å². The van der Waals surface area contributed by atoms with E-state index in [9.17, 15) is 9.90 Å². The van der Waals surface area contributed by atoms with Crippen molar-refractivity contribution in [3.63, 3.8) is 0 Å². The maximum Gasteiger partial charge on any atom is 0.261 e. The first-order chi connectivity index (χ1) is 9.49. The van der Waals surface area contributed by atoms with E-state index in [2.05, 4.69) is 5.32 Å². The fraction of sp³-hybridized carbons (Fsp3) is 0.467. The highest BCUT2D eigenvalue weighted by atomic mass is 16.5. The van der Waals surface area contributed by atoms with Crippen LogP contribution in [0, 0.1) is 17.2 Å². The predicted molar refractivity (Wildman–Crippen MR) is 75.1 cm³/mol. The summed E-state index contributed by atoms with van der Waals surface area (Å²) in [6, 6.07) is 8.46. The molecule has 1 aromatic rings. The SMILES string of the molecule is CC(Oc1ccccc1C#N)C(=O)NC(CO)C(C)C. The van der Waals surface area contributed by atoms with Gasteiger partial charge in [0.05, 0.1) is 18.2 Å². The Morgan fingerprint density at radius 2 is 2.05 bits per heavy atom. The number of hydrogen-bond donors (Lipinski definition) is 2. The molecule has 2 unspecified atom stereocenters. The summed E-state index contributed by atoms with van der Waals surface area (Å²) in [5.41, 5.74) is 0.384. The van der Waals surface area contributed by atoms with Crippen LogP contribution >= 0.6 is 0 Å². The Kier molecular flexibility index (Phi) is 6.01. The number of rotatable bonds is 6. The van der Waals surface area contributed by atoms with Crippen LogP contribution in [-0.2, 0) is 4.79 Å². The number of carbonyl (C=O) groups is 1. The van der Waals surface area contributed by atoms with Crippen LogP contribution in [0.4, 0.5) is 0 Å². The summed E-state index contributed by atoms with van der Waals surface area (Å²) >= 11 is 0. The number of para-hydroxylation sites is 1. The number of aliphatic hydroxyl groups is 1. The minimum absolute atomic E-state index is 0.120. The van der Waals surface area contributed by atoms with Gasteiger partial charge in [-0.25, -0.2) is 0 Å². The van der Waals surface area contributed by atoms with Crippen LogP contribution in [0.25, 0.3) is 0 Å². The van der Waals surface area contributed by atoms with Crippen molar-refractivity contribution in [2.24, 2.45) is 5.92 Å². The number of hydrogen-bond acceptors (Lipinski definition) is 4. The normalized spacial score (nSPS) is 13.4. The maximum absolute atomic E-state index is 12.0. The topological polar surface area (TPSA) is 82.3 Å². The van der Waals surface area contributed by atoms with Gasteiger partial charge in [-0.2, -0.15) is 5.26 Å². The Balaban J connectivity index is 2.69. The van der Waals surface area contributed by atoms with Gasteiger partial charge < -0.3 is 15.2 Å². The number of amides is 1. The number of nitrogens with one attached hydrogen (secondary N) is 1. The van der Waals surface area contributed by atoms with E-state index in [1.807, 2.05) is 19.9 Å². The Morgan fingerprint density at radius 3 is 2.60 bits per heavy atom. The maximum atomic E-state index is 12.0. The summed E-state index contributed by atoms with van der Waals surface area (Å²) < 4.78 is 5.51. The standard InChI is InChI=1S/C15H20N2O3/c1-10(2)13(9-18)17-15(19)11(3)20-14-7-5-4-6-12(14)8-16/h4-7,10-11,13,18H,9H2,1-3H3,(H,17,19). The summed E-state index contributed by atoms with van der Waals surface area (Å²) in [5, 5.41) is 20.9. The van der Waals surface area contributed by atoms with Crippen LogP contribution in [-0.4, -0.2) is 29.8 Å². The first-order valence-corrected chi connectivity index (χ1v) is 6.56. The summed E-state index contributed by atoms with van der Waals surface area (Å²) in [6.07, 6.45) is -0.739.